The van der Waals surface area contributed by atoms with Crippen LogP contribution >= 0.6 is 0 Å². The molecule has 0 saturated carbocycles. The fraction of sp³-hybridized carbons (Fsp3) is 0.348. The van der Waals surface area contributed by atoms with E-state index in [0.29, 0.717) is 17.9 Å². The Balaban J connectivity index is 2.06. The summed E-state index contributed by atoms with van der Waals surface area (Å²) in [4.78, 5) is 0. The van der Waals surface area contributed by atoms with E-state index in [1.807, 2.05) is 0 Å². The van der Waals surface area contributed by atoms with Crippen molar-refractivity contribution in [2.75, 3.05) is 0 Å². The Morgan fingerprint density at radius 2 is 1.36 bits per heavy atom. The van der Waals surface area contributed by atoms with Gasteiger partial charge in [-0.25, -0.2) is 9.13 Å². The third-order valence-corrected chi connectivity index (χ3v) is 4.99. The van der Waals surface area contributed by atoms with Crippen LogP contribution in [0.2, 0.25) is 0 Å². The number of hydrogen-bond donors (Lipinski definition) is 0. The molecule has 2 aromatic carbocycles. The molecule has 1 atom stereocenters. The predicted octanol–water partition coefficient (Wildman–Crippen LogP) is 5.62. The lowest BCUT2D eigenvalue weighted by Gasteiger charge is -2.16. The highest BCUT2D eigenvalue weighted by atomic mass is 15.1. The van der Waals surface area contributed by atoms with Gasteiger partial charge in [-0.15, -0.1) is 0 Å². The van der Waals surface area contributed by atoms with Gasteiger partial charge in [0.25, 0.3) is 0 Å². The maximum Gasteiger partial charge on any atom is 0.249 e. The van der Waals surface area contributed by atoms with E-state index >= 15 is 0 Å². The Kier molecular flexibility index (Phi) is 5.08. The Morgan fingerprint density at radius 1 is 0.760 bits per heavy atom. The summed E-state index contributed by atoms with van der Waals surface area (Å²) < 4.78 is 4.58. The van der Waals surface area contributed by atoms with E-state index in [4.69, 9.17) is 0 Å². The number of nitrogens with zero attached hydrogens (tertiary/aromatic N) is 2. The average Bonchev–Trinajstić information content (AvgIpc) is 3.10. The monoisotopic (exact) mass is 333 g/mol. The highest BCUT2D eigenvalue weighted by Gasteiger charge is 2.21. The molecule has 0 saturated heterocycles. The molecule has 0 aliphatic rings. The van der Waals surface area contributed by atoms with Gasteiger partial charge in [-0.05, 0) is 24.3 Å². The molecule has 0 radical (unpaired) electrons. The van der Waals surface area contributed by atoms with Crippen LogP contribution < -0.4 is 4.57 Å². The van der Waals surface area contributed by atoms with Crippen LogP contribution in [0.25, 0.3) is 5.69 Å². The van der Waals surface area contributed by atoms with Crippen LogP contribution in [-0.4, -0.2) is 4.57 Å². The lowest BCUT2D eigenvalue weighted by atomic mass is 9.92. The number of hydrogen-bond acceptors (Lipinski definition) is 0. The number of para-hydroxylation sites is 1. The molecular formula is C23H29N2+. The first-order valence-corrected chi connectivity index (χ1v) is 9.26. The van der Waals surface area contributed by atoms with Crippen molar-refractivity contribution in [2.24, 2.45) is 0 Å². The van der Waals surface area contributed by atoms with E-state index in [-0.39, 0.29) is 0 Å². The van der Waals surface area contributed by atoms with Gasteiger partial charge in [0.05, 0.1) is 0 Å². The van der Waals surface area contributed by atoms with Crippen molar-refractivity contribution >= 4 is 0 Å². The molecule has 3 rings (SSSR count). The molecule has 0 aliphatic heterocycles. The Labute approximate surface area is 151 Å². The van der Waals surface area contributed by atoms with Crippen molar-refractivity contribution in [3.63, 3.8) is 0 Å². The third kappa shape index (κ3) is 3.53. The SMILES string of the molecule is CC(C)c1cccc(C(C)C)c1-n1cc[n+](C(C)c2ccccc2)c1. The van der Waals surface area contributed by atoms with Crippen molar-refractivity contribution in [3.05, 3.63) is 83.9 Å². The molecular weight excluding hydrogens is 304 g/mol. The van der Waals surface area contributed by atoms with Crippen LogP contribution in [0.3, 0.4) is 0 Å². The van der Waals surface area contributed by atoms with Crippen molar-refractivity contribution in [1.29, 1.82) is 0 Å². The molecule has 0 fully saturated rings. The van der Waals surface area contributed by atoms with Crippen LogP contribution in [-0.2, 0) is 0 Å². The van der Waals surface area contributed by atoms with Gasteiger partial charge in [0.1, 0.15) is 24.1 Å². The van der Waals surface area contributed by atoms with Crippen LogP contribution in [0.4, 0.5) is 0 Å². The first kappa shape index (κ1) is 17.5. The number of benzene rings is 2. The van der Waals surface area contributed by atoms with Gasteiger partial charge in [-0.1, -0.05) is 76.2 Å². The van der Waals surface area contributed by atoms with Crippen molar-refractivity contribution < 1.29 is 4.57 Å². The summed E-state index contributed by atoms with van der Waals surface area (Å²) in [6.07, 6.45) is 6.59. The minimum atomic E-state index is 0.316. The zero-order valence-electron chi connectivity index (χ0n) is 16.0. The molecule has 0 N–H and O–H groups in total. The van der Waals surface area contributed by atoms with E-state index in [1.54, 1.807) is 0 Å². The van der Waals surface area contributed by atoms with E-state index in [0.717, 1.165) is 0 Å². The van der Waals surface area contributed by atoms with Gasteiger partial charge < -0.3 is 0 Å². The first-order chi connectivity index (χ1) is 12.0. The molecule has 3 aromatic rings. The van der Waals surface area contributed by atoms with Gasteiger partial charge in [0, 0.05) is 11.1 Å². The van der Waals surface area contributed by atoms with Gasteiger partial charge in [0.15, 0.2) is 0 Å². The topological polar surface area (TPSA) is 8.81 Å². The maximum absolute atomic E-state index is 2.30. The molecule has 2 nitrogen and oxygen atoms in total. The molecule has 0 aliphatic carbocycles. The van der Waals surface area contributed by atoms with Crippen LogP contribution in [0.15, 0.2) is 67.3 Å². The molecule has 0 bridgehead atoms. The van der Waals surface area contributed by atoms with Gasteiger partial charge >= 0.3 is 0 Å². The van der Waals surface area contributed by atoms with Crippen LogP contribution in [0.5, 0.6) is 0 Å². The number of imidazole rings is 1. The Bertz CT molecular complexity index is 802. The van der Waals surface area contributed by atoms with Crippen molar-refractivity contribution in [1.82, 2.24) is 4.57 Å². The quantitative estimate of drug-likeness (QED) is 0.536. The minimum absolute atomic E-state index is 0.316. The zero-order chi connectivity index (χ0) is 18.0. The predicted molar refractivity (Wildman–Crippen MR) is 104 cm³/mol. The van der Waals surface area contributed by atoms with Gasteiger partial charge in [-0.2, -0.15) is 0 Å². The number of rotatable bonds is 5. The van der Waals surface area contributed by atoms with E-state index < -0.39 is 0 Å². The normalized spacial score (nSPS) is 12.8. The zero-order valence-corrected chi connectivity index (χ0v) is 16.0. The van der Waals surface area contributed by atoms with Crippen LogP contribution in [0.1, 0.15) is 69.2 Å². The summed E-state index contributed by atoms with van der Waals surface area (Å²) in [7, 11) is 0. The fourth-order valence-electron chi connectivity index (χ4n) is 3.44. The van der Waals surface area contributed by atoms with Gasteiger partial charge in [-0.3, -0.25) is 0 Å². The second-order valence-corrected chi connectivity index (χ2v) is 7.45. The summed E-state index contributed by atoms with van der Waals surface area (Å²) in [6, 6.07) is 17.7. The highest BCUT2D eigenvalue weighted by molar-refractivity contribution is 5.50. The molecule has 0 amide bonds. The summed E-state index contributed by atoms with van der Waals surface area (Å²) in [6.45, 7) is 11.3. The molecule has 25 heavy (non-hydrogen) atoms. The molecule has 1 unspecified atom stereocenters. The second kappa shape index (κ2) is 7.26. The third-order valence-electron chi connectivity index (χ3n) is 4.99. The molecule has 1 heterocycles. The van der Waals surface area contributed by atoms with Crippen LogP contribution in [0, 0.1) is 0 Å². The van der Waals surface area contributed by atoms with E-state index in [1.165, 1.54) is 22.4 Å². The molecule has 2 heteroatoms. The standard InChI is InChI=1S/C23H29N2/c1-17(2)21-12-9-13-22(18(3)4)23(21)25-15-14-24(16-25)19(5)20-10-7-6-8-11-20/h6-19H,1-5H3/q+1. The Hall–Kier alpha value is -2.35. The lowest BCUT2D eigenvalue weighted by Crippen LogP contribution is -2.36. The lowest BCUT2D eigenvalue weighted by molar-refractivity contribution is -0.709. The van der Waals surface area contributed by atoms with E-state index in [9.17, 15) is 0 Å². The fourth-order valence-corrected chi connectivity index (χ4v) is 3.44. The largest absolute Gasteiger partial charge is 0.249 e. The molecule has 0 spiro atoms. The summed E-state index contributed by atoms with van der Waals surface area (Å²) in [5, 5.41) is 0. The second-order valence-electron chi connectivity index (χ2n) is 7.45. The Morgan fingerprint density at radius 3 is 1.92 bits per heavy atom. The first-order valence-electron chi connectivity index (χ1n) is 9.26. The highest BCUT2D eigenvalue weighted by Crippen LogP contribution is 2.30. The van der Waals surface area contributed by atoms with Crippen molar-refractivity contribution in [3.8, 4) is 5.69 Å². The summed E-state index contributed by atoms with van der Waals surface area (Å²) in [5.74, 6) is 0.993. The summed E-state index contributed by atoms with van der Waals surface area (Å²) >= 11 is 0. The van der Waals surface area contributed by atoms with Gasteiger partial charge in [0.2, 0.25) is 6.33 Å². The smallest absolute Gasteiger partial charge is 0.230 e. The molecule has 130 valence electrons. The summed E-state index contributed by atoms with van der Waals surface area (Å²) in [5.41, 5.74) is 5.47. The van der Waals surface area contributed by atoms with Crippen molar-refractivity contribution in [2.45, 2.75) is 52.5 Å². The van der Waals surface area contributed by atoms with E-state index in [2.05, 4.69) is 111 Å². The average molecular weight is 333 g/mol. The number of aromatic nitrogens is 2. The maximum atomic E-state index is 2.30. The minimum Gasteiger partial charge on any atom is -0.230 e. The molecule has 1 aromatic heterocycles.